The Morgan fingerprint density at radius 1 is 1.38 bits per heavy atom. The van der Waals surface area contributed by atoms with Crippen molar-refractivity contribution in [3.63, 3.8) is 0 Å². The summed E-state index contributed by atoms with van der Waals surface area (Å²) in [5, 5.41) is 3.13. The van der Waals surface area contributed by atoms with Crippen LogP contribution in [0, 0.1) is 6.92 Å². The van der Waals surface area contributed by atoms with Crippen LogP contribution in [0.25, 0.3) is 0 Å². The molecule has 84 valence electrons. The van der Waals surface area contributed by atoms with Gasteiger partial charge in [0, 0.05) is 23.8 Å². The standard InChI is InChI=1S/C11H11ClN2O2/c1-7-6-8(12)2-3-9(7)14-5-4-13-10(15)11(14)16/h2-3,6H,4-5H2,1H3,(H,13,15). The second kappa shape index (κ2) is 4.14. The second-order valence-electron chi connectivity index (χ2n) is 3.64. The minimum Gasteiger partial charge on any atom is -0.346 e. The average molecular weight is 239 g/mol. The summed E-state index contributed by atoms with van der Waals surface area (Å²) < 4.78 is 0. The quantitative estimate of drug-likeness (QED) is 0.746. The monoisotopic (exact) mass is 238 g/mol. The first-order chi connectivity index (χ1) is 7.59. The lowest BCUT2D eigenvalue weighted by Gasteiger charge is -2.27. The van der Waals surface area contributed by atoms with Crippen LogP contribution in [0.2, 0.25) is 5.02 Å². The summed E-state index contributed by atoms with van der Waals surface area (Å²) in [7, 11) is 0. The van der Waals surface area contributed by atoms with E-state index < -0.39 is 11.8 Å². The number of nitrogens with one attached hydrogen (secondary N) is 1. The Kier molecular flexibility index (Phi) is 2.83. The number of piperazine rings is 1. The Bertz CT molecular complexity index is 459. The summed E-state index contributed by atoms with van der Waals surface area (Å²) in [4.78, 5) is 24.3. The van der Waals surface area contributed by atoms with Gasteiger partial charge in [0.2, 0.25) is 0 Å². The number of nitrogens with zero attached hydrogens (tertiary/aromatic N) is 1. The predicted molar refractivity (Wildman–Crippen MR) is 61.6 cm³/mol. The van der Waals surface area contributed by atoms with Gasteiger partial charge in [-0.1, -0.05) is 11.6 Å². The highest BCUT2D eigenvalue weighted by atomic mass is 35.5. The van der Waals surface area contributed by atoms with Crippen molar-refractivity contribution in [1.29, 1.82) is 0 Å². The van der Waals surface area contributed by atoms with Crippen molar-refractivity contribution in [3.05, 3.63) is 28.8 Å². The lowest BCUT2D eigenvalue weighted by molar-refractivity contribution is -0.138. The van der Waals surface area contributed by atoms with E-state index in [4.69, 9.17) is 11.6 Å². The topological polar surface area (TPSA) is 49.4 Å². The van der Waals surface area contributed by atoms with Crippen LogP contribution < -0.4 is 10.2 Å². The highest BCUT2D eigenvalue weighted by Gasteiger charge is 2.27. The van der Waals surface area contributed by atoms with Gasteiger partial charge in [-0.25, -0.2) is 0 Å². The van der Waals surface area contributed by atoms with Gasteiger partial charge in [-0.3, -0.25) is 9.59 Å². The van der Waals surface area contributed by atoms with Crippen molar-refractivity contribution in [2.45, 2.75) is 6.92 Å². The fourth-order valence-electron chi connectivity index (χ4n) is 1.73. The van der Waals surface area contributed by atoms with Crippen molar-refractivity contribution >= 4 is 29.1 Å². The van der Waals surface area contributed by atoms with Crippen LogP contribution in [0.15, 0.2) is 18.2 Å². The minimum atomic E-state index is -0.555. The zero-order valence-electron chi connectivity index (χ0n) is 8.79. The Morgan fingerprint density at radius 3 is 2.81 bits per heavy atom. The first-order valence-corrected chi connectivity index (χ1v) is 5.33. The van der Waals surface area contributed by atoms with Crippen LogP contribution in [0.1, 0.15) is 5.56 Å². The molecule has 0 unspecified atom stereocenters. The van der Waals surface area contributed by atoms with Gasteiger partial charge in [0.15, 0.2) is 0 Å². The van der Waals surface area contributed by atoms with Gasteiger partial charge < -0.3 is 10.2 Å². The smallest absolute Gasteiger partial charge is 0.316 e. The molecule has 4 nitrogen and oxygen atoms in total. The lowest BCUT2D eigenvalue weighted by Crippen LogP contribution is -2.52. The molecule has 1 saturated heterocycles. The molecular weight excluding hydrogens is 228 g/mol. The number of hydrogen-bond donors (Lipinski definition) is 1. The summed E-state index contributed by atoms with van der Waals surface area (Å²) >= 11 is 5.84. The van der Waals surface area contributed by atoms with Crippen molar-refractivity contribution in [3.8, 4) is 0 Å². The molecule has 0 saturated carbocycles. The van der Waals surface area contributed by atoms with E-state index in [1.54, 1.807) is 18.2 Å². The predicted octanol–water partition coefficient (Wildman–Crippen LogP) is 1.11. The third-order valence-corrected chi connectivity index (χ3v) is 2.75. The van der Waals surface area contributed by atoms with E-state index in [-0.39, 0.29) is 0 Å². The average Bonchev–Trinajstić information content (AvgIpc) is 2.23. The van der Waals surface area contributed by atoms with Gasteiger partial charge in [0.05, 0.1) is 0 Å². The Labute approximate surface area is 98.2 Å². The highest BCUT2D eigenvalue weighted by molar-refractivity contribution is 6.41. The second-order valence-corrected chi connectivity index (χ2v) is 4.08. The van der Waals surface area contributed by atoms with E-state index in [1.165, 1.54) is 4.90 Å². The van der Waals surface area contributed by atoms with Gasteiger partial charge in [-0.2, -0.15) is 0 Å². The van der Waals surface area contributed by atoms with Gasteiger partial charge in [0.1, 0.15) is 0 Å². The Balaban J connectivity index is 2.36. The molecule has 1 aromatic rings. The number of carbonyl (C=O) groups excluding carboxylic acids is 2. The molecule has 0 atom stereocenters. The number of carbonyl (C=O) groups is 2. The van der Waals surface area contributed by atoms with Crippen molar-refractivity contribution < 1.29 is 9.59 Å². The molecule has 0 radical (unpaired) electrons. The number of aryl methyl sites for hydroxylation is 1. The summed E-state index contributed by atoms with van der Waals surface area (Å²) in [5.41, 5.74) is 1.62. The summed E-state index contributed by atoms with van der Waals surface area (Å²) in [6.45, 7) is 2.83. The van der Waals surface area contributed by atoms with E-state index in [2.05, 4.69) is 5.32 Å². The number of hydrogen-bond acceptors (Lipinski definition) is 2. The lowest BCUT2D eigenvalue weighted by atomic mass is 10.1. The van der Waals surface area contributed by atoms with E-state index in [0.29, 0.717) is 18.1 Å². The maximum atomic E-state index is 11.6. The van der Waals surface area contributed by atoms with Crippen LogP contribution >= 0.6 is 11.6 Å². The van der Waals surface area contributed by atoms with Gasteiger partial charge in [0.25, 0.3) is 0 Å². The zero-order valence-corrected chi connectivity index (χ0v) is 9.54. The van der Waals surface area contributed by atoms with E-state index in [9.17, 15) is 9.59 Å². The highest BCUT2D eigenvalue weighted by Crippen LogP contribution is 2.24. The molecule has 1 fully saturated rings. The minimum absolute atomic E-state index is 0.479. The molecular formula is C11H11ClN2O2. The third kappa shape index (κ3) is 1.88. The van der Waals surface area contributed by atoms with Crippen LogP contribution in [-0.4, -0.2) is 24.9 Å². The molecule has 16 heavy (non-hydrogen) atoms. The SMILES string of the molecule is Cc1cc(Cl)ccc1N1CCNC(=O)C1=O. The van der Waals surface area contributed by atoms with Crippen molar-refractivity contribution in [1.82, 2.24) is 5.32 Å². The molecule has 1 aliphatic heterocycles. The molecule has 2 amide bonds. The Hall–Kier alpha value is -1.55. The summed E-state index contributed by atoms with van der Waals surface area (Å²) in [6.07, 6.45) is 0. The molecule has 1 heterocycles. The summed E-state index contributed by atoms with van der Waals surface area (Å²) in [6, 6.07) is 5.24. The largest absolute Gasteiger partial charge is 0.346 e. The van der Waals surface area contributed by atoms with E-state index in [1.807, 2.05) is 6.92 Å². The number of benzene rings is 1. The molecule has 1 N–H and O–H groups in total. The van der Waals surface area contributed by atoms with Gasteiger partial charge >= 0.3 is 11.8 Å². The molecule has 0 spiro atoms. The van der Waals surface area contributed by atoms with Crippen LogP contribution in [0.4, 0.5) is 5.69 Å². The number of amides is 2. The number of anilines is 1. The first-order valence-electron chi connectivity index (χ1n) is 4.95. The van der Waals surface area contributed by atoms with Gasteiger partial charge in [-0.15, -0.1) is 0 Å². The van der Waals surface area contributed by atoms with E-state index >= 15 is 0 Å². The number of rotatable bonds is 1. The summed E-state index contributed by atoms with van der Waals surface area (Å²) in [5.74, 6) is -1.07. The maximum absolute atomic E-state index is 11.6. The van der Waals surface area contributed by atoms with E-state index in [0.717, 1.165) is 11.3 Å². The zero-order chi connectivity index (χ0) is 11.7. The van der Waals surface area contributed by atoms with Crippen LogP contribution in [-0.2, 0) is 9.59 Å². The Morgan fingerprint density at radius 2 is 2.12 bits per heavy atom. The van der Waals surface area contributed by atoms with Crippen molar-refractivity contribution in [2.24, 2.45) is 0 Å². The van der Waals surface area contributed by atoms with Gasteiger partial charge in [-0.05, 0) is 30.7 Å². The normalized spacial score (nSPS) is 16.2. The fraction of sp³-hybridized carbons (Fsp3) is 0.273. The maximum Gasteiger partial charge on any atom is 0.316 e. The molecule has 5 heteroatoms. The first kappa shape index (κ1) is 11.0. The molecule has 0 aromatic heterocycles. The molecule has 1 aliphatic rings. The van der Waals surface area contributed by atoms with Crippen LogP contribution in [0.3, 0.4) is 0 Å². The molecule has 0 aliphatic carbocycles. The molecule has 1 aromatic carbocycles. The van der Waals surface area contributed by atoms with Crippen LogP contribution in [0.5, 0.6) is 0 Å². The third-order valence-electron chi connectivity index (χ3n) is 2.51. The molecule has 2 rings (SSSR count). The van der Waals surface area contributed by atoms with Crippen molar-refractivity contribution in [2.75, 3.05) is 18.0 Å². The fourth-order valence-corrected chi connectivity index (χ4v) is 1.96. The number of halogens is 1. The molecule has 0 bridgehead atoms.